The second-order valence-corrected chi connectivity index (χ2v) is 3.64. The van der Waals surface area contributed by atoms with Crippen molar-refractivity contribution in [3.05, 3.63) is 0 Å². The summed E-state index contributed by atoms with van der Waals surface area (Å²) in [6.07, 6.45) is 1.40. The molecule has 0 aliphatic carbocycles. The molecule has 12 heavy (non-hydrogen) atoms. The van der Waals surface area contributed by atoms with Gasteiger partial charge in [-0.05, 0) is 13.3 Å². The summed E-state index contributed by atoms with van der Waals surface area (Å²) in [5.41, 5.74) is 0. The molecule has 1 N–H and O–H groups in total. The van der Waals surface area contributed by atoms with Gasteiger partial charge < -0.3 is 10.1 Å². The van der Waals surface area contributed by atoms with Crippen LogP contribution in [-0.2, 0) is 4.74 Å². The second-order valence-electron chi connectivity index (χ2n) is 3.64. The minimum Gasteiger partial charge on any atom is -0.380 e. The minimum absolute atomic E-state index is 0.809. The molecule has 0 aromatic carbocycles. The highest BCUT2D eigenvalue weighted by Gasteiger charge is 2.40. The zero-order valence-corrected chi connectivity index (χ0v) is 7.75. The van der Waals surface area contributed by atoms with E-state index in [0.29, 0.717) is 0 Å². The van der Waals surface area contributed by atoms with E-state index >= 15 is 0 Å². The summed E-state index contributed by atoms with van der Waals surface area (Å²) in [4.78, 5) is 2.58. The van der Waals surface area contributed by atoms with Crippen LogP contribution in [0.25, 0.3) is 0 Å². The number of piperazine rings is 1. The quantitative estimate of drug-likeness (QED) is 0.604. The molecule has 3 fully saturated rings. The maximum absolute atomic E-state index is 5.34. The van der Waals surface area contributed by atoms with Crippen LogP contribution in [0.4, 0.5) is 0 Å². The predicted molar refractivity (Wildman–Crippen MR) is 48.3 cm³/mol. The van der Waals surface area contributed by atoms with Gasteiger partial charge in [-0.25, -0.2) is 0 Å². The lowest BCUT2D eigenvalue weighted by molar-refractivity contribution is -0.0322. The smallest absolute Gasteiger partial charge is 0.0593 e. The van der Waals surface area contributed by atoms with Gasteiger partial charge in [-0.2, -0.15) is 0 Å². The molecular weight excluding hydrogens is 152 g/mol. The molecule has 70 valence electrons. The number of ether oxygens (including phenoxy) is 1. The molecule has 3 rings (SSSR count). The lowest BCUT2D eigenvalue weighted by Crippen LogP contribution is -2.68. The number of hydrogen-bond acceptors (Lipinski definition) is 3. The van der Waals surface area contributed by atoms with Crippen molar-refractivity contribution in [1.82, 2.24) is 10.2 Å². The molecule has 3 saturated heterocycles. The third kappa shape index (κ3) is 1.49. The van der Waals surface area contributed by atoms with Crippen LogP contribution in [-0.4, -0.2) is 49.8 Å². The molecule has 3 heterocycles. The second kappa shape index (κ2) is 3.73. The van der Waals surface area contributed by atoms with Gasteiger partial charge in [0.25, 0.3) is 0 Å². The van der Waals surface area contributed by atoms with Crippen LogP contribution in [0.3, 0.4) is 0 Å². The van der Waals surface area contributed by atoms with Gasteiger partial charge in [-0.15, -0.1) is 0 Å². The fourth-order valence-corrected chi connectivity index (χ4v) is 2.24. The molecule has 0 saturated carbocycles. The third-order valence-corrected chi connectivity index (χ3v) is 2.94. The van der Waals surface area contributed by atoms with E-state index in [-0.39, 0.29) is 0 Å². The first-order valence-corrected chi connectivity index (χ1v) is 4.96. The maximum Gasteiger partial charge on any atom is 0.0593 e. The van der Waals surface area contributed by atoms with Crippen molar-refractivity contribution in [1.29, 1.82) is 0 Å². The Morgan fingerprint density at radius 3 is 2.75 bits per heavy atom. The zero-order valence-electron chi connectivity index (χ0n) is 7.75. The van der Waals surface area contributed by atoms with Crippen molar-refractivity contribution in [2.45, 2.75) is 25.4 Å². The van der Waals surface area contributed by atoms with Crippen LogP contribution in [0, 0.1) is 0 Å². The predicted octanol–water partition coefficient (Wildman–Crippen LogP) is 0.0690. The van der Waals surface area contributed by atoms with Crippen molar-refractivity contribution >= 4 is 0 Å². The van der Waals surface area contributed by atoms with Crippen LogP contribution in [0.2, 0.25) is 0 Å². The highest BCUT2D eigenvalue weighted by atomic mass is 16.5. The van der Waals surface area contributed by atoms with Gasteiger partial charge in [0.15, 0.2) is 0 Å². The van der Waals surface area contributed by atoms with E-state index < -0.39 is 0 Å². The van der Waals surface area contributed by atoms with Crippen molar-refractivity contribution in [2.75, 3.05) is 32.8 Å². The van der Waals surface area contributed by atoms with Crippen molar-refractivity contribution in [3.8, 4) is 0 Å². The number of nitrogens with zero attached hydrogens (tertiary/aromatic N) is 1. The summed E-state index contributed by atoms with van der Waals surface area (Å²) in [5, 5.41) is 3.42. The SMILES string of the molecule is CCOCCN1C2CNCC1C2. The summed E-state index contributed by atoms with van der Waals surface area (Å²) in [5.74, 6) is 0. The molecular formula is C9H18N2O. The van der Waals surface area contributed by atoms with E-state index in [1.165, 1.54) is 19.5 Å². The fourth-order valence-electron chi connectivity index (χ4n) is 2.24. The summed E-state index contributed by atoms with van der Waals surface area (Å²) in [6, 6.07) is 1.62. The number of fused-ring (bicyclic) bond motifs is 2. The summed E-state index contributed by atoms with van der Waals surface area (Å²) < 4.78 is 5.34. The highest BCUT2D eigenvalue weighted by molar-refractivity contribution is 4.99. The maximum atomic E-state index is 5.34. The van der Waals surface area contributed by atoms with Crippen molar-refractivity contribution in [3.63, 3.8) is 0 Å². The Labute approximate surface area is 74.1 Å². The minimum atomic E-state index is 0.809. The van der Waals surface area contributed by atoms with Crippen LogP contribution in [0.15, 0.2) is 0 Å². The van der Waals surface area contributed by atoms with Gasteiger partial charge in [0.1, 0.15) is 0 Å². The Morgan fingerprint density at radius 1 is 1.42 bits per heavy atom. The van der Waals surface area contributed by atoms with Gasteiger partial charge in [0.2, 0.25) is 0 Å². The molecule has 0 aromatic rings. The largest absolute Gasteiger partial charge is 0.380 e. The molecule has 0 amide bonds. The van der Waals surface area contributed by atoms with Gasteiger partial charge in [0, 0.05) is 38.3 Å². The monoisotopic (exact) mass is 170 g/mol. The molecule has 0 spiro atoms. The Morgan fingerprint density at radius 2 is 2.17 bits per heavy atom. The van der Waals surface area contributed by atoms with Gasteiger partial charge in [-0.1, -0.05) is 0 Å². The van der Waals surface area contributed by atoms with Gasteiger partial charge >= 0.3 is 0 Å². The molecule has 0 radical (unpaired) electrons. The topological polar surface area (TPSA) is 24.5 Å². The first-order valence-electron chi connectivity index (χ1n) is 4.96. The van der Waals surface area contributed by atoms with Crippen LogP contribution in [0.5, 0.6) is 0 Å². The summed E-state index contributed by atoms with van der Waals surface area (Å²) in [7, 11) is 0. The molecule has 2 atom stereocenters. The molecule has 2 bridgehead atoms. The molecule has 0 aromatic heterocycles. The van der Waals surface area contributed by atoms with Gasteiger partial charge in [0.05, 0.1) is 6.61 Å². The van der Waals surface area contributed by atoms with E-state index in [4.69, 9.17) is 4.74 Å². The van der Waals surface area contributed by atoms with Crippen LogP contribution < -0.4 is 5.32 Å². The van der Waals surface area contributed by atoms with Gasteiger partial charge in [-0.3, -0.25) is 4.90 Å². The first kappa shape index (κ1) is 8.48. The highest BCUT2D eigenvalue weighted by Crippen LogP contribution is 2.27. The Balaban J connectivity index is 1.68. The van der Waals surface area contributed by atoms with Crippen LogP contribution in [0.1, 0.15) is 13.3 Å². The molecule has 3 nitrogen and oxygen atoms in total. The number of hydrogen-bond donors (Lipinski definition) is 1. The average Bonchev–Trinajstić information content (AvgIpc) is 2.13. The normalized spacial score (nSPS) is 34.8. The molecule has 3 aliphatic rings. The lowest BCUT2D eigenvalue weighted by atomic mass is 9.89. The standard InChI is InChI=1S/C9H18N2O/c1-2-12-4-3-11-8-5-9(11)7-10-6-8/h8-10H,2-7H2,1H3. The molecule has 2 unspecified atom stereocenters. The number of rotatable bonds is 4. The van der Waals surface area contributed by atoms with E-state index in [1.54, 1.807) is 0 Å². The Bertz CT molecular complexity index is 137. The lowest BCUT2D eigenvalue weighted by Gasteiger charge is -2.53. The third-order valence-electron chi connectivity index (χ3n) is 2.94. The van der Waals surface area contributed by atoms with E-state index in [1.807, 2.05) is 0 Å². The fraction of sp³-hybridized carbons (Fsp3) is 1.00. The zero-order chi connectivity index (χ0) is 8.39. The Kier molecular flexibility index (Phi) is 2.63. The van der Waals surface area contributed by atoms with E-state index in [2.05, 4.69) is 17.1 Å². The number of piperidine rings is 1. The Hall–Kier alpha value is -0.120. The van der Waals surface area contributed by atoms with Crippen molar-refractivity contribution in [2.24, 2.45) is 0 Å². The molecule has 3 aliphatic heterocycles. The molecule has 3 heteroatoms. The average molecular weight is 170 g/mol. The summed E-state index contributed by atoms with van der Waals surface area (Å²) in [6.45, 7) is 7.31. The van der Waals surface area contributed by atoms with E-state index in [9.17, 15) is 0 Å². The van der Waals surface area contributed by atoms with E-state index in [0.717, 1.165) is 31.8 Å². The first-order chi connectivity index (χ1) is 5.92. The van der Waals surface area contributed by atoms with Crippen LogP contribution >= 0.6 is 0 Å². The number of nitrogens with one attached hydrogen (secondary N) is 1. The van der Waals surface area contributed by atoms with Crippen molar-refractivity contribution < 1.29 is 4.74 Å². The summed E-state index contributed by atoms with van der Waals surface area (Å²) >= 11 is 0.